The van der Waals surface area contributed by atoms with Crippen LogP contribution in [0.1, 0.15) is 38.2 Å². The number of carbonyl (C=O) groups excluding carboxylic acids is 2. The Bertz CT molecular complexity index is 1160. The second-order valence-electron chi connectivity index (χ2n) is 8.04. The fourth-order valence-electron chi connectivity index (χ4n) is 3.78. The smallest absolute Gasteiger partial charge is 0.256 e. The summed E-state index contributed by atoms with van der Waals surface area (Å²) in [7, 11) is 0. The lowest BCUT2D eigenvalue weighted by atomic mass is 10.0. The molecule has 3 aromatic heterocycles. The van der Waals surface area contributed by atoms with Gasteiger partial charge < -0.3 is 10.2 Å². The van der Waals surface area contributed by atoms with Gasteiger partial charge >= 0.3 is 0 Å². The van der Waals surface area contributed by atoms with Crippen LogP contribution >= 0.6 is 0 Å². The highest BCUT2D eigenvalue weighted by Crippen LogP contribution is 2.25. The van der Waals surface area contributed by atoms with Crippen LogP contribution in [-0.4, -0.2) is 65.6 Å². The fraction of sp³-hybridized carbons (Fsp3) is 0.429. The molecule has 0 unspecified atom stereocenters. The molecule has 2 amide bonds. The van der Waals surface area contributed by atoms with Crippen LogP contribution in [-0.2, 0) is 16.1 Å². The third-order valence-corrected chi connectivity index (χ3v) is 5.36. The molecule has 1 aliphatic rings. The van der Waals surface area contributed by atoms with Crippen molar-refractivity contribution in [1.29, 1.82) is 0 Å². The highest BCUT2D eigenvalue weighted by molar-refractivity contribution is 5.78. The van der Waals surface area contributed by atoms with Crippen molar-refractivity contribution < 1.29 is 9.59 Å². The highest BCUT2D eigenvalue weighted by atomic mass is 16.2. The first-order valence-electron chi connectivity index (χ1n) is 10.6. The normalized spacial score (nSPS) is 13.8. The molecule has 11 nitrogen and oxygen atoms in total. The maximum Gasteiger partial charge on any atom is 0.256 e. The summed E-state index contributed by atoms with van der Waals surface area (Å²) < 4.78 is 3.13. The van der Waals surface area contributed by atoms with E-state index in [1.807, 2.05) is 13.8 Å². The van der Waals surface area contributed by atoms with Gasteiger partial charge in [0, 0.05) is 55.8 Å². The van der Waals surface area contributed by atoms with Gasteiger partial charge in [-0.1, -0.05) is 13.8 Å². The number of likely N-dealkylation sites (tertiary alicyclic amines) is 1. The van der Waals surface area contributed by atoms with Gasteiger partial charge in [0.1, 0.15) is 12.9 Å². The summed E-state index contributed by atoms with van der Waals surface area (Å²) >= 11 is 0. The monoisotopic (exact) mass is 438 g/mol. The van der Waals surface area contributed by atoms with Crippen LogP contribution in [0, 0.1) is 0 Å². The number of rotatable bonds is 8. The van der Waals surface area contributed by atoms with Crippen molar-refractivity contribution >= 4 is 11.8 Å². The summed E-state index contributed by atoms with van der Waals surface area (Å²) in [6.07, 6.45) is 9.62. The Morgan fingerprint density at radius 2 is 2.16 bits per heavy atom. The average Bonchev–Trinajstić information content (AvgIpc) is 3.50. The van der Waals surface area contributed by atoms with Gasteiger partial charge in [-0.15, -0.1) is 0 Å². The number of H-pyrrole nitrogens is 1. The molecule has 4 rings (SSSR count). The van der Waals surface area contributed by atoms with Gasteiger partial charge in [0.25, 0.3) is 5.56 Å². The van der Waals surface area contributed by atoms with Crippen molar-refractivity contribution in [1.82, 2.24) is 39.5 Å². The van der Waals surface area contributed by atoms with Gasteiger partial charge in [0.05, 0.1) is 11.9 Å². The number of amides is 2. The van der Waals surface area contributed by atoms with Crippen molar-refractivity contribution in [3.05, 3.63) is 47.0 Å². The van der Waals surface area contributed by atoms with Crippen molar-refractivity contribution in [2.45, 2.75) is 39.2 Å². The molecular formula is C21H26N8O3. The summed E-state index contributed by atoms with van der Waals surface area (Å²) in [5, 5.41) is 7.09. The van der Waals surface area contributed by atoms with E-state index >= 15 is 0 Å². The van der Waals surface area contributed by atoms with Gasteiger partial charge in [0.2, 0.25) is 17.8 Å². The van der Waals surface area contributed by atoms with E-state index < -0.39 is 0 Å². The van der Waals surface area contributed by atoms with Crippen LogP contribution < -0.4 is 10.9 Å². The van der Waals surface area contributed by atoms with Crippen LogP contribution in [0.3, 0.4) is 0 Å². The van der Waals surface area contributed by atoms with Crippen LogP contribution in [0.15, 0.2) is 35.9 Å². The van der Waals surface area contributed by atoms with E-state index in [1.54, 1.807) is 40.6 Å². The zero-order chi connectivity index (χ0) is 22.7. The first-order valence-corrected chi connectivity index (χ1v) is 10.6. The number of carbonyl (C=O) groups is 2. The van der Waals surface area contributed by atoms with Gasteiger partial charge in [0.15, 0.2) is 0 Å². The topological polar surface area (TPSA) is 131 Å². The minimum atomic E-state index is -0.226. The fourth-order valence-corrected chi connectivity index (χ4v) is 3.78. The summed E-state index contributed by atoms with van der Waals surface area (Å²) in [5.41, 5.74) is 1.49. The molecule has 0 radical (unpaired) electrons. The number of hydrogen-bond donors (Lipinski definition) is 2. The van der Waals surface area contributed by atoms with Crippen molar-refractivity contribution in [3.63, 3.8) is 0 Å². The second-order valence-corrected chi connectivity index (χ2v) is 8.04. The van der Waals surface area contributed by atoms with Crippen molar-refractivity contribution in [2.24, 2.45) is 0 Å². The Labute approximate surface area is 184 Å². The van der Waals surface area contributed by atoms with E-state index in [4.69, 9.17) is 0 Å². The Morgan fingerprint density at radius 1 is 1.31 bits per heavy atom. The summed E-state index contributed by atoms with van der Waals surface area (Å²) in [6.45, 7) is 5.55. The summed E-state index contributed by atoms with van der Waals surface area (Å²) in [4.78, 5) is 49.9. The highest BCUT2D eigenvalue weighted by Gasteiger charge is 2.20. The minimum Gasteiger partial charge on any atom is -0.353 e. The SMILES string of the molecule is CC(C)c1c(-c2cnn(CC(=O)NCCN3CCCC3=O)c2)nc(-n2ccnc2)[nH]c1=O. The molecule has 0 bridgehead atoms. The first kappa shape index (κ1) is 21.5. The zero-order valence-corrected chi connectivity index (χ0v) is 18.1. The second kappa shape index (κ2) is 9.16. The summed E-state index contributed by atoms with van der Waals surface area (Å²) in [6, 6.07) is 0. The minimum absolute atomic E-state index is 0.0303. The van der Waals surface area contributed by atoms with Gasteiger partial charge in [-0.25, -0.2) is 9.97 Å². The lowest BCUT2D eigenvalue weighted by Crippen LogP contribution is -2.36. The molecule has 4 heterocycles. The van der Waals surface area contributed by atoms with Crippen molar-refractivity contribution in [2.75, 3.05) is 19.6 Å². The molecule has 3 aromatic rings. The number of nitrogens with zero attached hydrogens (tertiary/aromatic N) is 6. The van der Waals surface area contributed by atoms with Crippen LogP contribution in [0.4, 0.5) is 0 Å². The molecule has 0 aromatic carbocycles. The lowest BCUT2D eigenvalue weighted by Gasteiger charge is -2.15. The van der Waals surface area contributed by atoms with Crippen LogP contribution in [0.5, 0.6) is 0 Å². The molecule has 0 atom stereocenters. The Hall–Kier alpha value is -3.76. The molecule has 168 valence electrons. The van der Waals surface area contributed by atoms with E-state index in [0.29, 0.717) is 42.3 Å². The van der Waals surface area contributed by atoms with Crippen molar-refractivity contribution in [3.8, 4) is 17.2 Å². The third-order valence-electron chi connectivity index (χ3n) is 5.36. The predicted molar refractivity (Wildman–Crippen MR) is 116 cm³/mol. The third kappa shape index (κ3) is 4.61. The van der Waals surface area contributed by atoms with E-state index in [9.17, 15) is 14.4 Å². The van der Waals surface area contributed by atoms with Gasteiger partial charge in [-0.2, -0.15) is 5.10 Å². The zero-order valence-electron chi connectivity index (χ0n) is 18.1. The molecule has 1 fully saturated rings. The maximum absolute atomic E-state index is 12.8. The molecule has 0 saturated carbocycles. The van der Waals surface area contributed by atoms with E-state index in [2.05, 4.69) is 25.4 Å². The molecule has 1 aliphatic heterocycles. The molecule has 0 aliphatic carbocycles. The molecule has 11 heteroatoms. The van der Waals surface area contributed by atoms with E-state index in [-0.39, 0.29) is 29.8 Å². The Kier molecular flexibility index (Phi) is 6.15. The lowest BCUT2D eigenvalue weighted by molar-refractivity contribution is -0.128. The Balaban J connectivity index is 1.48. The largest absolute Gasteiger partial charge is 0.353 e. The predicted octanol–water partition coefficient (Wildman–Crippen LogP) is 0.681. The maximum atomic E-state index is 12.8. The first-order chi connectivity index (χ1) is 15.4. The summed E-state index contributed by atoms with van der Waals surface area (Å²) in [5.74, 6) is 0.234. The van der Waals surface area contributed by atoms with Gasteiger partial charge in [-0.3, -0.25) is 28.6 Å². The quantitative estimate of drug-likeness (QED) is 0.532. The van der Waals surface area contributed by atoms with E-state index in [1.165, 1.54) is 4.68 Å². The van der Waals surface area contributed by atoms with Crippen LogP contribution in [0.25, 0.3) is 17.2 Å². The van der Waals surface area contributed by atoms with E-state index in [0.717, 1.165) is 13.0 Å². The standard InChI is InChI=1S/C21H26N8O3/c1-14(2)18-19(25-21(26-20(18)32)28-8-5-22-13-28)15-10-24-29(11-15)12-16(30)23-6-9-27-7-3-4-17(27)31/h5,8,10-11,13-14H,3-4,6-7,9,12H2,1-2H3,(H,23,30)(H,25,26,32). The van der Waals surface area contributed by atoms with Gasteiger partial charge in [-0.05, 0) is 12.3 Å². The molecule has 1 saturated heterocycles. The number of imidazole rings is 1. The number of nitrogens with one attached hydrogen (secondary N) is 2. The number of aromatic amines is 1. The molecule has 2 N–H and O–H groups in total. The van der Waals surface area contributed by atoms with Crippen LogP contribution in [0.2, 0.25) is 0 Å². The number of aromatic nitrogens is 6. The molecular weight excluding hydrogens is 412 g/mol. The average molecular weight is 438 g/mol. The Morgan fingerprint density at radius 3 is 2.84 bits per heavy atom. The molecule has 32 heavy (non-hydrogen) atoms. The number of hydrogen-bond acceptors (Lipinski definition) is 6. The molecule has 0 spiro atoms.